The third-order valence-corrected chi connectivity index (χ3v) is 12.5. The summed E-state index contributed by atoms with van der Waals surface area (Å²) in [5, 5.41) is 0. The van der Waals surface area contributed by atoms with Crippen molar-refractivity contribution in [1.29, 1.82) is 0 Å². The lowest BCUT2D eigenvalue weighted by Gasteiger charge is -2.18. The maximum atomic E-state index is 12.9. The molecule has 0 heterocycles. The number of unbranched alkanes of at least 4 members (excludes halogenated alkanes) is 31. The number of carbonyl (C=O) groups is 3. The Bertz CT molecular complexity index is 1270. The Morgan fingerprint density at radius 3 is 1.06 bits per heavy atom. The number of hydrogen-bond acceptors (Lipinski definition) is 6. The highest BCUT2D eigenvalue weighted by Gasteiger charge is 2.19. The predicted molar refractivity (Wildman–Crippen MR) is 293 cm³/mol. The van der Waals surface area contributed by atoms with Crippen LogP contribution in [-0.2, 0) is 28.6 Å². The fourth-order valence-corrected chi connectivity index (χ4v) is 8.22. The Kier molecular flexibility index (Phi) is 53.8. The van der Waals surface area contributed by atoms with Crippen molar-refractivity contribution in [3.63, 3.8) is 0 Å². The van der Waals surface area contributed by atoms with Crippen LogP contribution in [0.2, 0.25) is 0 Å². The molecule has 0 amide bonds. The zero-order valence-corrected chi connectivity index (χ0v) is 44.9. The Morgan fingerprint density at radius 2 is 0.647 bits per heavy atom. The molecule has 0 aliphatic rings. The molecule has 0 bridgehead atoms. The van der Waals surface area contributed by atoms with Gasteiger partial charge in [-0.15, -0.1) is 0 Å². The highest BCUT2D eigenvalue weighted by Crippen LogP contribution is 2.16. The number of rotatable bonds is 52. The van der Waals surface area contributed by atoms with E-state index in [1.165, 1.54) is 141 Å². The van der Waals surface area contributed by atoms with Crippen molar-refractivity contribution < 1.29 is 28.6 Å². The van der Waals surface area contributed by atoms with Crippen LogP contribution in [0.25, 0.3) is 0 Å². The van der Waals surface area contributed by atoms with Crippen molar-refractivity contribution in [3.8, 4) is 0 Å². The van der Waals surface area contributed by atoms with Crippen LogP contribution in [0.3, 0.4) is 0 Å². The highest BCUT2D eigenvalue weighted by atomic mass is 16.6. The quantitative estimate of drug-likeness (QED) is 0.0199. The van der Waals surface area contributed by atoms with Crippen LogP contribution < -0.4 is 0 Å². The van der Waals surface area contributed by atoms with Crippen molar-refractivity contribution >= 4 is 17.9 Å². The van der Waals surface area contributed by atoms with Gasteiger partial charge in [0, 0.05) is 19.3 Å². The lowest BCUT2D eigenvalue weighted by Crippen LogP contribution is -2.30. The lowest BCUT2D eigenvalue weighted by atomic mass is 10.0. The zero-order valence-electron chi connectivity index (χ0n) is 44.9. The summed E-state index contributed by atoms with van der Waals surface area (Å²) in [5.74, 6) is -0.898. The molecular weight excluding hydrogens is 841 g/mol. The number of esters is 3. The summed E-state index contributed by atoms with van der Waals surface area (Å²) >= 11 is 0. The molecule has 0 saturated heterocycles. The molecule has 0 radical (unpaired) electrons. The topological polar surface area (TPSA) is 78.9 Å². The van der Waals surface area contributed by atoms with E-state index in [1.807, 2.05) is 0 Å². The van der Waals surface area contributed by atoms with Gasteiger partial charge in [-0.05, 0) is 70.6 Å². The van der Waals surface area contributed by atoms with E-state index in [1.54, 1.807) is 0 Å². The van der Waals surface area contributed by atoms with Crippen molar-refractivity contribution in [3.05, 3.63) is 72.9 Å². The van der Waals surface area contributed by atoms with Crippen molar-refractivity contribution in [2.45, 2.75) is 290 Å². The standard InChI is InChI=1S/C62H108O6/c1-4-7-10-13-16-19-22-25-27-29-31-33-34-37-40-43-46-49-52-55-61(64)67-58-59(57-66-60(63)54-51-48-45-42-39-36-24-21-18-15-12-9-6-3)68-62(65)56-53-50-47-44-41-38-35-32-30-28-26-23-20-17-14-11-8-5-2/h7,9-10,12,15-16,18-19,21,24-25,27,59H,4-6,8,11,13-14,17,20,22-23,26,28-58H2,1-3H3/b10-7-,12-9-,18-15-,19-16-,24-21-,27-25-. The maximum Gasteiger partial charge on any atom is 0.306 e. The van der Waals surface area contributed by atoms with E-state index in [-0.39, 0.29) is 31.1 Å². The first kappa shape index (κ1) is 64.8. The second-order valence-electron chi connectivity index (χ2n) is 19.2. The number of hydrogen-bond donors (Lipinski definition) is 0. The molecule has 0 rings (SSSR count). The first-order valence-electron chi connectivity index (χ1n) is 29.0. The number of carbonyl (C=O) groups excluding carboxylic acids is 3. The normalized spacial score (nSPS) is 12.6. The average molecular weight is 950 g/mol. The summed E-state index contributed by atoms with van der Waals surface area (Å²) in [6.45, 7) is 6.41. The van der Waals surface area contributed by atoms with E-state index >= 15 is 0 Å². The fourth-order valence-electron chi connectivity index (χ4n) is 8.22. The molecule has 6 heteroatoms. The molecule has 0 N–H and O–H groups in total. The largest absolute Gasteiger partial charge is 0.462 e. The maximum absolute atomic E-state index is 12.9. The van der Waals surface area contributed by atoms with Crippen LogP contribution in [0.4, 0.5) is 0 Å². The zero-order chi connectivity index (χ0) is 49.3. The van der Waals surface area contributed by atoms with Gasteiger partial charge in [0.15, 0.2) is 6.10 Å². The summed E-state index contributed by atoms with van der Waals surface area (Å²) < 4.78 is 16.9. The minimum atomic E-state index is -0.785. The van der Waals surface area contributed by atoms with E-state index in [0.717, 1.165) is 103 Å². The molecule has 392 valence electrons. The first-order chi connectivity index (χ1) is 33.5. The van der Waals surface area contributed by atoms with Gasteiger partial charge in [-0.3, -0.25) is 14.4 Å². The fraction of sp³-hybridized carbons (Fsp3) is 0.758. The van der Waals surface area contributed by atoms with Crippen LogP contribution in [0.1, 0.15) is 284 Å². The van der Waals surface area contributed by atoms with E-state index in [4.69, 9.17) is 14.2 Å². The van der Waals surface area contributed by atoms with E-state index < -0.39 is 6.10 Å². The van der Waals surface area contributed by atoms with Crippen molar-refractivity contribution in [2.24, 2.45) is 0 Å². The van der Waals surface area contributed by atoms with Gasteiger partial charge in [-0.25, -0.2) is 0 Å². The third-order valence-electron chi connectivity index (χ3n) is 12.5. The molecule has 0 saturated carbocycles. The molecule has 0 aromatic heterocycles. The molecule has 6 nitrogen and oxygen atoms in total. The summed E-state index contributed by atoms with van der Waals surface area (Å²) in [7, 11) is 0. The number of ether oxygens (including phenoxy) is 3. The van der Waals surface area contributed by atoms with E-state index in [9.17, 15) is 14.4 Å². The van der Waals surface area contributed by atoms with Crippen molar-refractivity contribution in [1.82, 2.24) is 0 Å². The smallest absolute Gasteiger partial charge is 0.306 e. The van der Waals surface area contributed by atoms with Gasteiger partial charge in [-0.1, -0.05) is 267 Å². The van der Waals surface area contributed by atoms with Gasteiger partial charge in [0.05, 0.1) is 0 Å². The van der Waals surface area contributed by atoms with Gasteiger partial charge < -0.3 is 14.2 Å². The molecular formula is C62H108O6. The highest BCUT2D eigenvalue weighted by molar-refractivity contribution is 5.71. The molecule has 0 spiro atoms. The molecule has 1 atom stereocenters. The minimum absolute atomic E-state index is 0.0829. The van der Waals surface area contributed by atoms with Gasteiger partial charge in [-0.2, -0.15) is 0 Å². The molecule has 0 aliphatic heterocycles. The molecule has 0 aliphatic carbocycles. The van der Waals surface area contributed by atoms with Gasteiger partial charge >= 0.3 is 17.9 Å². The minimum Gasteiger partial charge on any atom is -0.462 e. The van der Waals surface area contributed by atoms with E-state index in [0.29, 0.717) is 19.3 Å². The molecule has 0 aromatic carbocycles. The summed E-state index contributed by atoms with van der Waals surface area (Å²) in [6, 6.07) is 0. The van der Waals surface area contributed by atoms with Crippen LogP contribution in [0, 0.1) is 0 Å². The van der Waals surface area contributed by atoms with Crippen LogP contribution in [-0.4, -0.2) is 37.2 Å². The van der Waals surface area contributed by atoms with Gasteiger partial charge in [0.1, 0.15) is 13.2 Å². The Hall–Kier alpha value is -3.15. The van der Waals surface area contributed by atoms with E-state index in [2.05, 4.69) is 93.7 Å². The van der Waals surface area contributed by atoms with Crippen LogP contribution in [0.15, 0.2) is 72.9 Å². The second kappa shape index (κ2) is 56.4. The Labute approximate surface area is 421 Å². The third kappa shape index (κ3) is 53.8. The second-order valence-corrected chi connectivity index (χ2v) is 19.2. The Morgan fingerprint density at radius 1 is 0.324 bits per heavy atom. The van der Waals surface area contributed by atoms with Crippen LogP contribution in [0.5, 0.6) is 0 Å². The van der Waals surface area contributed by atoms with Gasteiger partial charge in [0.25, 0.3) is 0 Å². The first-order valence-corrected chi connectivity index (χ1v) is 29.0. The van der Waals surface area contributed by atoms with Gasteiger partial charge in [0.2, 0.25) is 0 Å². The number of allylic oxidation sites excluding steroid dienone is 12. The molecule has 1 unspecified atom stereocenters. The lowest BCUT2D eigenvalue weighted by molar-refractivity contribution is -0.167. The molecule has 0 aromatic rings. The molecule has 68 heavy (non-hydrogen) atoms. The summed E-state index contributed by atoms with van der Waals surface area (Å²) in [6.07, 6.45) is 71.8. The average Bonchev–Trinajstić information content (AvgIpc) is 3.34. The van der Waals surface area contributed by atoms with Crippen molar-refractivity contribution in [2.75, 3.05) is 13.2 Å². The molecule has 0 fully saturated rings. The monoisotopic (exact) mass is 949 g/mol. The summed E-state index contributed by atoms with van der Waals surface area (Å²) in [5.41, 5.74) is 0. The SMILES string of the molecule is CC\C=C/C=C\C=C/CCCCCCCC(=O)OCC(COC(=O)CCCCCCCCCCC/C=C\C/C=C\C/C=C\CC)OC(=O)CCCCCCCCCCCCCCCCCCCC. The summed E-state index contributed by atoms with van der Waals surface area (Å²) in [4.78, 5) is 38.2. The predicted octanol–water partition coefficient (Wildman–Crippen LogP) is 19.4. The Balaban J connectivity index is 4.36. The van der Waals surface area contributed by atoms with Crippen LogP contribution >= 0.6 is 0 Å².